The van der Waals surface area contributed by atoms with Crippen LogP contribution in [0.5, 0.6) is 0 Å². The number of rotatable bonds is 12. The van der Waals surface area contributed by atoms with Gasteiger partial charge in [-0.1, -0.05) is 0 Å². The van der Waals surface area contributed by atoms with Gasteiger partial charge in [-0.25, -0.2) is 11.4 Å². The van der Waals surface area contributed by atoms with E-state index in [4.69, 9.17) is 38.3 Å². The molecule has 1 aromatic heterocycles. The Morgan fingerprint density at radius 2 is 2.37 bits per heavy atom. The molecule has 4 atom stereocenters. The third-order valence-corrected chi connectivity index (χ3v) is 3.98. The minimum absolute atomic E-state index is 0.000752. The van der Waals surface area contributed by atoms with Gasteiger partial charge in [-0.05, 0) is 6.07 Å². The summed E-state index contributed by atoms with van der Waals surface area (Å²) in [4.78, 5) is 30.0. The van der Waals surface area contributed by atoms with E-state index in [0.29, 0.717) is 0 Å². The summed E-state index contributed by atoms with van der Waals surface area (Å²) in [5, 5.41) is 0. The van der Waals surface area contributed by atoms with Crippen molar-refractivity contribution in [2.75, 3.05) is 45.8 Å². The van der Waals surface area contributed by atoms with E-state index < -0.39 is 39.6 Å². The van der Waals surface area contributed by atoms with Crippen LogP contribution in [-0.2, 0) is 28.1 Å². The van der Waals surface area contributed by atoms with Gasteiger partial charge >= 0.3 is 11.7 Å². The zero-order valence-corrected chi connectivity index (χ0v) is 15.8. The van der Waals surface area contributed by atoms with E-state index in [1.807, 2.05) is 0 Å². The molecule has 0 fully saturated rings. The summed E-state index contributed by atoms with van der Waals surface area (Å²) in [6.45, 7) is 9.33. The van der Waals surface area contributed by atoms with Crippen LogP contribution in [0.1, 0.15) is 15.9 Å². The number of ether oxygens (including phenoxy) is 3. The zero-order valence-electron chi connectivity index (χ0n) is 16.9. The molecule has 0 saturated carbocycles. The van der Waals surface area contributed by atoms with Crippen molar-refractivity contribution in [1.82, 2.24) is 9.55 Å². The molecule has 0 bridgehead atoms. The van der Waals surface area contributed by atoms with Crippen LogP contribution in [-0.4, -0.2) is 61.9 Å². The van der Waals surface area contributed by atoms with Crippen molar-refractivity contribution in [1.29, 1.82) is 0 Å². The monoisotopic (exact) mass is 405 g/mol. The van der Waals surface area contributed by atoms with Gasteiger partial charge in [-0.15, -0.1) is 0 Å². The number of nitrogens with two attached hydrogens (primary N) is 1. The zero-order chi connectivity index (χ0) is 21.8. The normalized spacial score (nSPS) is 16.3. The molecule has 0 spiro atoms. The van der Waals surface area contributed by atoms with Gasteiger partial charge in [0.05, 0.1) is 2.74 Å². The van der Waals surface area contributed by atoms with Gasteiger partial charge in [0.25, 0.3) is 0 Å². The summed E-state index contributed by atoms with van der Waals surface area (Å²) < 4.78 is 41.9. The molecule has 11 nitrogen and oxygen atoms in total. The van der Waals surface area contributed by atoms with Crippen molar-refractivity contribution in [3.05, 3.63) is 34.2 Å². The molecule has 1 aromatic rings. The number of nitrogens with zero attached hydrogens (tertiary/aromatic N) is 3. The van der Waals surface area contributed by atoms with Crippen molar-refractivity contribution >= 4 is 20.2 Å². The molecule has 0 aliphatic rings. The number of hydrogen-bond acceptors (Lipinski definition) is 9. The molecule has 1 heterocycles. The second-order valence-electron chi connectivity index (χ2n) is 4.95. The van der Waals surface area contributed by atoms with Gasteiger partial charge in [0.1, 0.15) is 25.6 Å². The summed E-state index contributed by atoms with van der Waals surface area (Å²) in [7, 11) is -3.07. The SMILES string of the molecule is [2H]C([3H])OC(COP(C)OCC[N+]#[C-])OC(COC(C)=O)n1ccc(N)nc1=O. The third kappa shape index (κ3) is 8.90. The second kappa shape index (κ2) is 12.3. The number of nitrogen functional groups attached to an aromatic ring is 1. The lowest BCUT2D eigenvalue weighted by Crippen LogP contribution is -2.35. The van der Waals surface area contributed by atoms with Gasteiger partial charge in [0.15, 0.2) is 20.9 Å². The van der Waals surface area contributed by atoms with Gasteiger partial charge in [-0.3, -0.25) is 9.36 Å². The summed E-state index contributed by atoms with van der Waals surface area (Å²) in [5.74, 6) is -0.605. The fourth-order valence-corrected chi connectivity index (χ4v) is 2.47. The third-order valence-electron chi connectivity index (χ3n) is 2.92. The molecular weight excluding hydrogens is 379 g/mol. The summed E-state index contributed by atoms with van der Waals surface area (Å²) >= 11 is 0. The van der Waals surface area contributed by atoms with Crippen LogP contribution in [0.3, 0.4) is 0 Å². The Balaban J connectivity index is 2.88. The molecule has 0 saturated heterocycles. The molecule has 0 aliphatic carbocycles. The second-order valence-corrected chi connectivity index (χ2v) is 6.35. The highest BCUT2D eigenvalue weighted by atomic mass is 31.2. The van der Waals surface area contributed by atoms with Gasteiger partial charge in [0, 0.05) is 26.8 Å². The molecule has 0 radical (unpaired) electrons. The van der Waals surface area contributed by atoms with E-state index >= 15 is 0 Å². The average molecular weight is 405 g/mol. The fraction of sp³-hybridized carbons (Fsp3) is 0.600. The molecule has 0 amide bonds. The lowest BCUT2D eigenvalue weighted by molar-refractivity contribution is -0.205. The molecule has 12 heteroatoms. The lowest BCUT2D eigenvalue weighted by Gasteiger charge is -2.25. The van der Waals surface area contributed by atoms with Crippen molar-refractivity contribution < 1.29 is 30.8 Å². The van der Waals surface area contributed by atoms with Crippen molar-refractivity contribution in [2.45, 2.75) is 19.4 Å². The number of anilines is 1. The maximum absolute atomic E-state index is 12.1. The summed E-state index contributed by atoms with van der Waals surface area (Å²) in [6, 6.07) is 1.35. The molecule has 150 valence electrons. The first-order valence-corrected chi connectivity index (χ1v) is 9.31. The number of carbonyl (C=O) groups excluding carboxylic acids is 1. The number of methoxy groups -OCH3 is 1. The lowest BCUT2D eigenvalue weighted by atomic mass is 10.5. The van der Waals surface area contributed by atoms with Crippen LogP contribution in [0.25, 0.3) is 4.85 Å². The maximum Gasteiger partial charge on any atom is 0.351 e. The number of carbonyl (C=O) groups is 1. The van der Waals surface area contributed by atoms with Gasteiger partial charge in [0.2, 0.25) is 6.54 Å². The predicted molar refractivity (Wildman–Crippen MR) is 96.7 cm³/mol. The Morgan fingerprint density at radius 3 is 3.00 bits per heavy atom. The van der Waals surface area contributed by atoms with Crippen molar-refractivity contribution in [3.8, 4) is 0 Å². The van der Waals surface area contributed by atoms with Gasteiger partial charge in [-0.2, -0.15) is 4.98 Å². The van der Waals surface area contributed by atoms with Crippen molar-refractivity contribution in [2.24, 2.45) is 0 Å². The standard InChI is InChI=1S/C15H23N4O7P/c1-11(20)23-9-13(19-7-5-12(16)18-15(19)21)26-14(22-3)10-25-27(4)24-8-6-17-2/h5,7,13-14H,6,8-10H2,1,3-4H3,(H2,16,18,21)/i3TD. The number of aromatic nitrogens is 2. The molecular formula is C15H23N4O7P. The van der Waals surface area contributed by atoms with Crippen LogP contribution in [0.15, 0.2) is 17.1 Å². The van der Waals surface area contributed by atoms with Crippen molar-refractivity contribution in [3.63, 3.8) is 0 Å². The molecule has 27 heavy (non-hydrogen) atoms. The first kappa shape index (κ1) is 19.7. The highest BCUT2D eigenvalue weighted by Crippen LogP contribution is 2.33. The molecule has 0 aromatic carbocycles. The van der Waals surface area contributed by atoms with Crippen LogP contribution >= 0.6 is 8.38 Å². The summed E-state index contributed by atoms with van der Waals surface area (Å²) in [5.41, 5.74) is 4.72. The number of esters is 1. The van der Waals surface area contributed by atoms with E-state index in [9.17, 15) is 9.59 Å². The first-order valence-electron chi connectivity index (χ1n) is 8.84. The van der Waals surface area contributed by atoms with E-state index in [1.165, 1.54) is 19.2 Å². The summed E-state index contributed by atoms with van der Waals surface area (Å²) in [6.07, 6.45) is -1.12. The van der Waals surface area contributed by atoms with E-state index in [0.717, 1.165) is 4.57 Å². The minimum Gasteiger partial charge on any atom is -0.461 e. The Hall–Kier alpha value is -2.09. The predicted octanol–water partition coefficient (Wildman–Crippen LogP) is 0.770. The van der Waals surface area contributed by atoms with Crippen LogP contribution < -0.4 is 11.4 Å². The maximum atomic E-state index is 12.1. The molecule has 2 N–H and O–H groups in total. The highest BCUT2D eigenvalue weighted by Gasteiger charge is 2.22. The van der Waals surface area contributed by atoms with E-state index in [2.05, 4.69) is 9.83 Å². The highest BCUT2D eigenvalue weighted by molar-refractivity contribution is 7.46. The molecule has 4 unspecified atom stereocenters. The number of hydrogen-bond donors (Lipinski definition) is 1. The minimum atomic E-state index is -1.70. The quantitative estimate of drug-likeness (QED) is 0.176. The first-order chi connectivity index (χ1) is 13.7. The average Bonchev–Trinajstić information content (AvgIpc) is 2.63. The van der Waals surface area contributed by atoms with Crippen LogP contribution in [0.4, 0.5) is 5.82 Å². The Labute approximate surface area is 160 Å². The molecule has 0 aliphatic heterocycles. The van der Waals surface area contributed by atoms with Crippen LogP contribution in [0, 0.1) is 6.57 Å². The fourth-order valence-electron chi connectivity index (χ4n) is 1.72. The van der Waals surface area contributed by atoms with E-state index in [-0.39, 0.29) is 32.2 Å². The topological polar surface area (TPSA) is 128 Å². The van der Waals surface area contributed by atoms with Crippen LogP contribution in [0.2, 0.25) is 0 Å². The van der Waals surface area contributed by atoms with E-state index in [1.54, 1.807) is 6.66 Å². The molecule has 1 rings (SSSR count). The van der Waals surface area contributed by atoms with Gasteiger partial charge < -0.3 is 33.8 Å². The smallest absolute Gasteiger partial charge is 0.351 e. The largest absolute Gasteiger partial charge is 0.461 e. The Morgan fingerprint density at radius 1 is 1.59 bits per heavy atom. The Bertz CT molecular complexity index is 746. The Kier molecular flexibility index (Phi) is 8.98.